The lowest BCUT2D eigenvalue weighted by atomic mass is 10.2. The average molecular weight is 386 g/mol. The Hall–Kier alpha value is -3.07. The van der Waals surface area contributed by atoms with Crippen molar-refractivity contribution < 1.29 is 14.3 Å². The highest BCUT2D eigenvalue weighted by atomic mass is 32.2. The van der Waals surface area contributed by atoms with Crippen LogP contribution in [-0.4, -0.2) is 39.3 Å². The number of hydrogen-bond acceptors (Lipinski definition) is 6. The fourth-order valence-electron chi connectivity index (χ4n) is 2.86. The Morgan fingerprint density at radius 2 is 2.00 bits per heavy atom. The fraction of sp³-hybridized carbons (Fsp3) is 0.222. The Morgan fingerprint density at radius 3 is 2.59 bits per heavy atom. The summed E-state index contributed by atoms with van der Waals surface area (Å²) in [5.41, 5.74) is 5.86. The van der Waals surface area contributed by atoms with Crippen molar-refractivity contribution >= 4 is 34.7 Å². The number of para-hydroxylation sites is 1. The number of thioether (sulfide) groups is 1. The molecule has 2 aromatic heterocycles. The number of nitrogens with zero attached hydrogens (tertiary/aromatic N) is 2. The van der Waals surface area contributed by atoms with E-state index in [1.165, 1.54) is 16.3 Å². The molecule has 3 rings (SSSR count). The SMILES string of the molecule is CCOC(=O)Cc1nc2[nH]c(SC)c(C(N)=O)c2c(=O)n1-c1ccccc1. The number of ether oxygens (including phenoxy) is 1. The van der Waals surface area contributed by atoms with E-state index in [1.54, 1.807) is 37.4 Å². The zero-order chi connectivity index (χ0) is 19.6. The van der Waals surface area contributed by atoms with Crippen molar-refractivity contribution in [3.8, 4) is 5.69 Å². The summed E-state index contributed by atoms with van der Waals surface area (Å²) >= 11 is 1.25. The summed E-state index contributed by atoms with van der Waals surface area (Å²) in [6, 6.07) is 8.77. The van der Waals surface area contributed by atoms with Crippen molar-refractivity contribution in [2.75, 3.05) is 12.9 Å². The summed E-state index contributed by atoms with van der Waals surface area (Å²) in [6.07, 6.45) is 1.57. The number of nitrogens with one attached hydrogen (secondary N) is 1. The van der Waals surface area contributed by atoms with Gasteiger partial charge in [0.15, 0.2) is 0 Å². The van der Waals surface area contributed by atoms with Crippen LogP contribution in [0.4, 0.5) is 0 Å². The van der Waals surface area contributed by atoms with Crippen LogP contribution in [0, 0.1) is 0 Å². The number of primary amides is 1. The van der Waals surface area contributed by atoms with Crippen LogP contribution >= 0.6 is 11.8 Å². The Balaban J connectivity index is 2.35. The van der Waals surface area contributed by atoms with Gasteiger partial charge in [0, 0.05) is 0 Å². The van der Waals surface area contributed by atoms with Crippen molar-refractivity contribution in [2.24, 2.45) is 5.73 Å². The molecule has 1 aromatic carbocycles. The third-order valence-corrected chi connectivity index (χ3v) is 4.65. The number of carbonyl (C=O) groups is 2. The standard InChI is InChI=1S/C18H18N4O4S/c1-3-26-12(23)9-11-20-16-14(13(15(19)24)17(21-16)27-2)18(25)22(11)10-7-5-4-6-8-10/h4-8,21H,3,9H2,1-2H3,(H2,19,24). The minimum absolute atomic E-state index is 0.0994. The first kappa shape index (κ1) is 18.7. The second-order valence-corrected chi connectivity index (χ2v) is 6.42. The zero-order valence-corrected chi connectivity index (χ0v) is 15.6. The number of aromatic amines is 1. The van der Waals surface area contributed by atoms with Gasteiger partial charge in [-0.05, 0) is 25.3 Å². The monoisotopic (exact) mass is 386 g/mol. The molecule has 2 heterocycles. The molecule has 3 aromatic rings. The van der Waals surface area contributed by atoms with Gasteiger partial charge >= 0.3 is 5.97 Å². The molecule has 0 spiro atoms. The number of esters is 1. The summed E-state index contributed by atoms with van der Waals surface area (Å²) < 4.78 is 6.30. The molecule has 0 saturated carbocycles. The predicted octanol–water partition coefficient (Wildman–Crippen LogP) is 1.64. The van der Waals surface area contributed by atoms with E-state index < -0.39 is 17.4 Å². The second kappa shape index (κ2) is 7.67. The molecule has 0 fully saturated rings. The summed E-state index contributed by atoms with van der Waals surface area (Å²) in [6.45, 7) is 1.93. The highest BCUT2D eigenvalue weighted by Gasteiger charge is 2.24. The molecule has 0 atom stereocenters. The summed E-state index contributed by atoms with van der Waals surface area (Å²) in [5, 5.41) is 0.554. The minimum Gasteiger partial charge on any atom is -0.466 e. The summed E-state index contributed by atoms with van der Waals surface area (Å²) in [4.78, 5) is 44.6. The van der Waals surface area contributed by atoms with Gasteiger partial charge in [0.05, 0.1) is 28.3 Å². The molecule has 9 heteroatoms. The molecule has 0 aliphatic heterocycles. The maximum absolute atomic E-state index is 13.3. The highest BCUT2D eigenvalue weighted by molar-refractivity contribution is 7.98. The lowest BCUT2D eigenvalue weighted by molar-refractivity contribution is -0.142. The predicted molar refractivity (Wildman–Crippen MR) is 102 cm³/mol. The molecule has 0 radical (unpaired) electrons. The van der Waals surface area contributed by atoms with Crippen molar-refractivity contribution in [1.82, 2.24) is 14.5 Å². The van der Waals surface area contributed by atoms with Gasteiger partial charge in [-0.1, -0.05) is 18.2 Å². The number of benzene rings is 1. The van der Waals surface area contributed by atoms with Crippen molar-refractivity contribution in [2.45, 2.75) is 18.4 Å². The van der Waals surface area contributed by atoms with Crippen LogP contribution < -0.4 is 11.3 Å². The highest BCUT2D eigenvalue weighted by Crippen LogP contribution is 2.26. The van der Waals surface area contributed by atoms with E-state index in [2.05, 4.69) is 9.97 Å². The van der Waals surface area contributed by atoms with Crippen LogP contribution in [0.2, 0.25) is 0 Å². The second-order valence-electron chi connectivity index (χ2n) is 5.61. The molecular formula is C18H18N4O4S. The van der Waals surface area contributed by atoms with Gasteiger partial charge in [-0.3, -0.25) is 19.0 Å². The Bertz CT molecular complexity index is 1070. The van der Waals surface area contributed by atoms with Crippen molar-refractivity contribution in [1.29, 1.82) is 0 Å². The molecule has 1 amide bonds. The number of hydrogen-bond donors (Lipinski definition) is 2. The first-order valence-electron chi connectivity index (χ1n) is 8.20. The van der Waals surface area contributed by atoms with Gasteiger partial charge in [-0.15, -0.1) is 11.8 Å². The molecular weight excluding hydrogens is 368 g/mol. The van der Waals surface area contributed by atoms with Gasteiger partial charge in [-0.2, -0.15) is 0 Å². The van der Waals surface area contributed by atoms with Crippen LogP contribution in [0.5, 0.6) is 0 Å². The molecule has 0 unspecified atom stereocenters. The third kappa shape index (κ3) is 3.45. The molecule has 3 N–H and O–H groups in total. The van der Waals surface area contributed by atoms with E-state index in [0.29, 0.717) is 10.7 Å². The third-order valence-electron chi connectivity index (χ3n) is 3.93. The van der Waals surface area contributed by atoms with Crippen molar-refractivity contribution in [3.63, 3.8) is 0 Å². The van der Waals surface area contributed by atoms with Crippen LogP contribution in [0.25, 0.3) is 16.7 Å². The number of H-pyrrole nitrogens is 1. The van der Waals surface area contributed by atoms with E-state index in [4.69, 9.17) is 10.5 Å². The molecule has 0 bridgehead atoms. The number of carbonyl (C=O) groups excluding carboxylic acids is 2. The fourth-order valence-corrected chi connectivity index (χ4v) is 3.46. The van der Waals surface area contributed by atoms with Gasteiger partial charge < -0.3 is 15.5 Å². The van der Waals surface area contributed by atoms with Crippen LogP contribution in [0.1, 0.15) is 23.1 Å². The maximum Gasteiger partial charge on any atom is 0.313 e. The number of aromatic nitrogens is 3. The molecule has 0 aliphatic rings. The van der Waals surface area contributed by atoms with Gasteiger partial charge in [0.25, 0.3) is 11.5 Å². The first-order chi connectivity index (χ1) is 13.0. The van der Waals surface area contributed by atoms with Crippen LogP contribution in [-0.2, 0) is 16.0 Å². The van der Waals surface area contributed by atoms with Gasteiger partial charge in [0.2, 0.25) is 0 Å². The van der Waals surface area contributed by atoms with Gasteiger partial charge in [0.1, 0.15) is 17.9 Å². The molecule has 0 aliphatic carbocycles. The average Bonchev–Trinajstić information content (AvgIpc) is 3.02. The molecule has 0 saturated heterocycles. The Morgan fingerprint density at radius 1 is 1.30 bits per heavy atom. The number of fused-ring (bicyclic) bond motifs is 1. The van der Waals surface area contributed by atoms with E-state index in [0.717, 1.165) is 0 Å². The first-order valence-corrected chi connectivity index (χ1v) is 9.42. The zero-order valence-electron chi connectivity index (χ0n) is 14.8. The van der Waals surface area contributed by atoms with Crippen LogP contribution in [0.15, 0.2) is 40.2 Å². The lowest BCUT2D eigenvalue weighted by Crippen LogP contribution is -2.27. The molecule has 140 valence electrons. The summed E-state index contributed by atoms with van der Waals surface area (Å²) in [7, 11) is 0. The number of amides is 1. The van der Waals surface area contributed by atoms with Crippen molar-refractivity contribution in [3.05, 3.63) is 52.1 Å². The van der Waals surface area contributed by atoms with Gasteiger partial charge in [-0.25, -0.2) is 4.98 Å². The van der Waals surface area contributed by atoms with E-state index in [-0.39, 0.29) is 35.4 Å². The quantitative estimate of drug-likeness (QED) is 0.491. The molecule has 8 nitrogen and oxygen atoms in total. The number of rotatable bonds is 6. The largest absolute Gasteiger partial charge is 0.466 e. The normalized spacial score (nSPS) is 10.9. The van der Waals surface area contributed by atoms with E-state index in [9.17, 15) is 14.4 Å². The minimum atomic E-state index is -0.720. The topological polar surface area (TPSA) is 120 Å². The Kier molecular flexibility index (Phi) is 5.31. The smallest absolute Gasteiger partial charge is 0.313 e. The van der Waals surface area contributed by atoms with Crippen LogP contribution in [0.3, 0.4) is 0 Å². The Labute approximate surface area is 158 Å². The molecule has 27 heavy (non-hydrogen) atoms. The summed E-state index contributed by atoms with van der Waals surface area (Å²) in [5.74, 6) is -1.01. The number of nitrogens with two attached hydrogens (primary N) is 1. The maximum atomic E-state index is 13.3. The van der Waals surface area contributed by atoms with E-state index >= 15 is 0 Å². The lowest BCUT2D eigenvalue weighted by Gasteiger charge is -2.12. The van der Waals surface area contributed by atoms with E-state index in [1.807, 2.05) is 6.07 Å².